The lowest BCUT2D eigenvalue weighted by Crippen LogP contribution is -2.45. The Morgan fingerprint density at radius 1 is 0.938 bits per heavy atom. The van der Waals surface area contributed by atoms with Gasteiger partial charge in [0, 0.05) is 37.8 Å². The lowest BCUT2D eigenvalue weighted by Gasteiger charge is -2.32. The van der Waals surface area contributed by atoms with Gasteiger partial charge in [-0.3, -0.25) is 4.79 Å². The maximum absolute atomic E-state index is 13.2. The zero-order valence-corrected chi connectivity index (χ0v) is 17.5. The fraction of sp³-hybridized carbons (Fsp3) is 0.292. The average molecular weight is 438 g/mol. The molecule has 2 amide bonds. The number of carbonyl (C=O) groups is 1. The van der Waals surface area contributed by atoms with Crippen LogP contribution in [0.3, 0.4) is 0 Å². The molecule has 0 saturated carbocycles. The Morgan fingerprint density at radius 2 is 1.56 bits per heavy atom. The summed E-state index contributed by atoms with van der Waals surface area (Å²) in [7, 11) is 0. The molecule has 1 aromatic heterocycles. The Labute approximate surface area is 184 Å². The maximum Gasteiger partial charge on any atom is 0.317 e. The van der Waals surface area contributed by atoms with Gasteiger partial charge in [0.2, 0.25) is 0 Å². The summed E-state index contributed by atoms with van der Waals surface area (Å²) in [5.41, 5.74) is 2.01. The van der Waals surface area contributed by atoms with E-state index in [1.165, 1.54) is 35.0 Å². The van der Waals surface area contributed by atoms with Crippen molar-refractivity contribution in [2.45, 2.75) is 25.9 Å². The number of amides is 2. The van der Waals surface area contributed by atoms with Crippen LogP contribution in [0, 0.1) is 17.6 Å². The van der Waals surface area contributed by atoms with E-state index >= 15 is 0 Å². The Balaban J connectivity index is 1.31. The first-order valence-corrected chi connectivity index (χ1v) is 10.6. The Morgan fingerprint density at radius 3 is 2.22 bits per heavy atom. The molecule has 0 atom stereocenters. The topological polar surface area (TPSA) is 67.2 Å². The summed E-state index contributed by atoms with van der Waals surface area (Å²) in [4.78, 5) is 26.5. The fourth-order valence-electron chi connectivity index (χ4n) is 3.81. The van der Waals surface area contributed by atoms with Crippen molar-refractivity contribution in [3.05, 3.63) is 88.2 Å². The van der Waals surface area contributed by atoms with Crippen molar-refractivity contribution < 1.29 is 13.6 Å². The minimum atomic E-state index is -0.324. The molecule has 6 nitrogen and oxygen atoms in total. The highest BCUT2D eigenvalue weighted by Crippen LogP contribution is 2.20. The van der Waals surface area contributed by atoms with E-state index in [9.17, 15) is 18.4 Å². The second-order valence-electron chi connectivity index (χ2n) is 7.96. The number of nitrogens with zero attached hydrogens (tertiary/aromatic N) is 3. The van der Waals surface area contributed by atoms with Gasteiger partial charge in [0.1, 0.15) is 11.6 Å². The summed E-state index contributed by atoms with van der Waals surface area (Å²) in [6.45, 7) is 1.99. The minimum Gasteiger partial charge on any atom is -0.334 e. The quantitative estimate of drug-likeness (QED) is 0.659. The molecule has 0 bridgehead atoms. The van der Waals surface area contributed by atoms with Crippen LogP contribution in [-0.2, 0) is 13.1 Å². The number of aromatic nitrogens is 2. The first kappa shape index (κ1) is 21.7. The molecule has 2 heterocycles. The average Bonchev–Trinajstić information content (AvgIpc) is 2.81. The SMILES string of the molecule is O=C(NCc1ccc(F)cc1)N1CCC(Cn2nc(-c3ccc(F)cc3)ccc2=O)CC1. The molecule has 166 valence electrons. The van der Waals surface area contributed by atoms with Gasteiger partial charge < -0.3 is 10.2 Å². The number of likely N-dealkylation sites (tertiary alicyclic amines) is 1. The second-order valence-corrected chi connectivity index (χ2v) is 7.96. The van der Waals surface area contributed by atoms with Crippen LogP contribution in [0.2, 0.25) is 0 Å². The first-order chi connectivity index (χ1) is 15.5. The van der Waals surface area contributed by atoms with E-state index in [1.807, 2.05) is 0 Å². The third kappa shape index (κ3) is 5.38. The summed E-state index contributed by atoms with van der Waals surface area (Å²) >= 11 is 0. The zero-order valence-electron chi connectivity index (χ0n) is 17.5. The fourth-order valence-corrected chi connectivity index (χ4v) is 3.81. The molecule has 4 rings (SSSR count). The van der Waals surface area contributed by atoms with E-state index in [4.69, 9.17) is 0 Å². The number of halogens is 2. The van der Waals surface area contributed by atoms with Crippen LogP contribution in [0.25, 0.3) is 11.3 Å². The number of urea groups is 1. The molecule has 1 saturated heterocycles. The van der Waals surface area contributed by atoms with E-state index < -0.39 is 0 Å². The summed E-state index contributed by atoms with van der Waals surface area (Å²) in [6, 6.07) is 15.0. The lowest BCUT2D eigenvalue weighted by atomic mass is 9.97. The predicted molar refractivity (Wildman–Crippen MR) is 117 cm³/mol. The van der Waals surface area contributed by atoms with Gasteiger partial charge in [0.25, 0.3) is 5.56 Å². The van der Waals surface area contributed by atoms with Gasteiger partial charge in [-0.05, 0) is 66.8 Å². The smallest absolute Gasteiger partial charge is 0.317 e. The van der Waals surface area contributed by atoms with Crippen LogP contribution < -0.4 is 10.9 Å². The van der Waals surface area contributed by atoms with Crippen LogP contribution in [0.1, 0.15) is 18.4 Å². The third-order valence-corrected chi connectivity index (χ3v) is 5.70. The van der Waals surface area contributed by atoms with Crippen molar-refractivity contribution in [1.82, 2.24) is 20.0 Å². The van der Waals surface area contributed by atoms with Crippen LogP contribution in [0.5, 0.6) is 0 Å². The summed E-state index contributed by atoms with van der Waals surface area (Å²) in [5.74, 6) is -0.403. The van der Waals surface area contributed by atoms with Crippen LogP contribution >= 0.6 is 0 Å². The number of nitrogens with one attached hydrogen (secondary N) is 1. The highest BCUT2D eigenvalue weighted by Gasteiger charge is 2.23. The van der Waals surface area contributed by atoms with Gasteiger partial charge in [-0.1, -0.05) is 12.1 Å². The van der Waals surface area contributed by atoms with E-state index in [0.717, 1.165) is 24.0 Å². The van der Waals surface area contributed by atoms with Gasteiger partial charge in [-0.25, -0.2) is 18.3 Å². The van der Waals surface area contributed by atoms with Crippen molar-refractivity contribution in [3.63, 3.8) is 0 Å². The summed E-state index contributed by atoms with van der Waals surface area (Å²) in [6.07, 6.45) is 1.53. The minimum absolute atomic E-state index is 0.152. The molecule has 1 fully saturated rings. The first-order valence-electron chi connectivity index (χ1n) is 10.6. The van der Waals surface area contributed by atoms with Gasteiger partial charge >= 0.3 is 6.03 Å². The number of benzene rings is 2. The van der Waals surface area contributed by atoms with E-state index in [1.54, 1.807) is 35.2 Å². The highest BCUT2D eigenvalue weighted by molar-refractivity contribution is 5.74. The predicted octanol–water partition coefficient (Wildman–Crippen LogP) is 3.81. The molecule has 2 aromatic carbocycles. The van der Waals surface area contributed by atoms with Gasteiger partial charge in [-0.2, -0.15) is 5.10 Å². The van der Waals surface area contributed by atoms with Crippen LogP contribution in [0.4, 0.5) is 13.6 Å². The monoisotopic (exact) mass is 438 g/mol. The second kappa shape index (κ2) is 9.72. The molecule has 1 aliphatic heterocycles. The molecular weight excluding hydrogens is 414 g/mol. The van der Waals surface area contributed by atoms with E-state index in [2.05, 4.69) is 10.4 Å². The molecule has 8 heteroatoms. The number of carbonyl (C=O) groups excluding carboxylic acids is 1. The highest BCUT2D eigenvalue weighted by atomic mass is 19.1. The van der Waals surface area contributed by atoms with Gasteiger partial charge in [0.05, 0.1) is 5.69 Å². The normalized spacial score (nSPS) is 14.4. The lowest BCUT2D eigenvalue weighted by molar-refractivity contribution is 0.163. The molecule has 1 N–H and O–H groups in total. The molecule has 32 heavy (non-hydrogen) atoms. The van der Waals surface area contributed by atoms with Crippen molar-refractivity contribution in [2.24, 2.45) is 5.92 Å². The number of hydrogen-bond donors (Lipinski definition) is 1. The molecule has 0 aliphatic carbocycles. The number of rotatable bonds is 5. The molecule has 3 aromatic rings. The zero-order chi connectivity index (χ0) is 22.5. The number of piperidine rings is 1. The molecule has 1 aliphatic rings. The van der Waals surface area contributed by atoms with Crippen LogP contribution in [0.15, 0.2) is 65.5 Å². The summed E-state index contributed by atoms with van der Waals surface area (Å²) in [5, 5.41) is 7.31. The molecular formula is C24H24F2N4O2. The Bertz CT molecular complexity index is 1120. The Hall–Kier alpha value is -3.55. The van der Waals surface area contributed by atoms with Crippen LogP contribution in [-0.4, -0.2) is 33.8 Å². The molecule has 0 unspecified atom stereocenters. The largest absolute Gasteiger partial charge is 0.334 e. The van der Waals surface area contributed by atoms with Gasteiger partial charge in [-0.15, -0.1) is 0 Å². The number of hydrogen-bond acceptors (Lipinski definition) is 3. The van der Waals surface area contributed by atoms with Crippen molar-refractivity contribution in [2.75, 3.05) is 13.1 Å². The Kier molecular flexibility index (Phi) is 6.58. The van der Waals surface area contributed by atoms with Crippen molar-refractivity contribution in [3.8, 4) is 11.3 Å². The van der Waals surface area contributed by atoms with Gasteiger partial charge in [0.15, 0.2) is 0 Å². The third-order valence-electron chi connectivity index (χ3n) is 5.70. The standard InChI is InChI=1S/C24H24F2N4O2/c25-20-5-1-17(2-6-20)15-27-24(32)29-13-11-18(12-14-29)16-30-23(31)10-9-22(28-30)19-3-7-21(26)8-4-19/h1-10,18H,11-16H2,(H,27,32). The maximum atomic E-state index is 13.2. The molecule has 0 radical (unpaired) electrons. The molecule has 0 spiro atoms. The van der Waals surface area contributed by atoms with E-state index in [0.29, 0.717) is 31.9 Å². The van der Waals surface area contributed by atoms with E-state index in [-0.39, 0.29) is 29.1 Å². The van der Waals surface area contributed by atoms with Crippen molar-refractivity contribution >= 4 is 6.03 Å². The van der Waals surface area contributed by atoms with Crippen molar-refractivity contribution in [1.29, 1.82) is 0 Å². The summed E-state index contributed by atoms with van der Waals surface area (Å²) < 4.78 is 27.6.